The van der Waals surface area contributed by atoms with Crippen LogP contribution in [-0.2, 0) is 22.7 Å². The topological polar surface area (TPSA) is 87.6 Å². The van der Waals surface area contributed by atoms with Crippen molar-refractivity contribution in [3.8, 4) is 5.75 Å². The summed E-state index contributed by atoms with van der Waals surface area (Å²) >= 11 is 0. The summed E-state index contributed by atoms with van der Waals surface area (Å²) in [6.07, 6.45) is 2.63. The van der Waals surface area contributed by atoms with Gasteiger partial charge in [-0.15, -0.1) is 0 Å². The van der Waals surface area contributed by atoms with Gasteiger partial charge in [-0.25, -0.2) is 0 Å². The lowest BCUT2D eigenvalue weighted by atomic mass is 10.1. The van der Waals surface area contributed by atoms with Crippen molar-refractivity contribution in [2.45, 2.75) is 38.0 Å². The van der Waals surface area contributed by atoms with Gasteiger partial charge < -0.3 is 20.9 Å². The number of benzene rings is 2. The van der Waals surface area contributed by atoms with Crippen LogP contribution in [0.3, 0.4) is 0 Å². The number of rotatable bonds is 8. The van der Waals surface area contributed by atoms with E-state index < -0.39 is 12.0 Å². The Hall–Kier alpha value is -2.37. The average Bonchev–Trinajstić information content (AvgIpc) is 3.50. The zero-order valence-corrected chi connectivity index (χ0v) is 14.2. The van der Waals surface area contributed by atoms with Crippen LogP contribution in [0.15, 0.2) is 48.5 Å². The summed E-state index contributed by atoms with van der Waals surface area (Å²) in [7, 11) is 0. The molecule has 1 saturated carbocycles. The number of carbonyl (C=O) groups excluding carboxylic acids is 1. The molecule has 2 aromatic rings. The lowest BCUT2D eigenvalue weighted by Crippen LogP contribution is -2.38. The number of esters is 1. The summed E-state index contributed by atoms with van der Waals surface area (Å²) in [4.78, 5) is 11.5. The quantitative estimate of drug-likeness (QED) is 0.721. The van der Waals surface area contributed by atoms with E-state index in [-0.39, 0.29) is 13.2 Å². The van der Waals surface area contributed by atoms with E-state index >= 15 is 0 Å². The third-order valence-electron chi connectivity index (χ3n) is 4.30. The summed E-state index contributed by atoms with van der Waals surface area (Å²) in [5.74, 6) is 1.06. The van der Waals surface area contributed by atoms with Gasteiger partial charge in [-0.2, -0.15) is 0 Å². The molecule has 1 atom stereocenters. The van der Waals surface area contributed by atoms with Crippen molar-refractivity contribution in [2.24, 2.45) is 11.5 Å². The standard InChI is InChI=1S/C20H24N2O3/c21-11-19(22)20(23)25-13-15-3-9-18(10-4-15)24-12-14-1-5-16(6-2-14)17-7-8-17/h1-6,9-10,17,19H,7-8,11-13,21-22H2. The van der Waals surface area contributed by atoms with E-state index in [2.05, 4.69) is 24.3 Å². The molecule has 0 aliphatic heterocycles. The molecule has 0 amide bonds. The minimum atomic E-state index is -0.770. The fourth-order valence-corrected chi connectivity index (χ4v) is 2.51. The molecule has 2 aromatic carbocycles. The fourth-order valence-electron chi connectivity index (χ4n) is 2.51. The van der Waals surface area contributed by atoms with E-state index in [1.54, 1.807) is 0 Å². The van der Waals surface area contributed by atoms with Crippen LogP contribution in [0, 0.1) is 0 Å². The number of carbonyl (C=O) groups is 1. The zero-order chi connectivity index (χ0) is 17.6. The first-order valence-corrected chi connectivity index (χ1v) is 8.58. The van der Waals surface area contributed by atoms with E-state index in [9.17, 15) is 4.79 Å². The second-order valence-electron chi connectivity index (χ2n) is 6.40. The molecule has 132 valence electrons. The summed E-state index contributed by atoms with van der Waals surface area (Å²) in [5.41, 5.74) is 14.3. The molecule has 0 radical (unpaired) electrons. The maximum Gasteiger partial charge on any atom is 0.324 e. The van der Waals surface area contributed by atoms with E-state index in [4.69, 9.17) is 20.9 Å². The first-order chi connectivity index (χ1) is 12.2. The third-order valence-corrected chi connectivity index (χ3v) is 4.30. The molecule has 5 nitrogen and oxygen atoms in total. The zero-order valence-electron chi connectivity index (χ0n) is 14.2. The van der Waals surface area contributed by atoms with Gasteiger partial charge in [0.25, 0.3) is 0 Å². The molecule has 1 aliphatic carbocycles. The predicted octanol–water partition coefficient (Wildman–Crippen LogP) is 2.47. The molecule has 0 spiro atoms. The summed E-state index contributed by atoms with van der Waals surface area (Å²) in [5, 5.41) is 0. The van der Waals surface area contributed by atoms with E-state index in [0.29, 0.717) is 6.61 Å². The van der Waals surface area contributed by atoms with Crippen molar-refractivity contribution in [3.05, 3.63) is 65.2 Å². The van der Waals surface area contributed by atoms with Gasteiger partial charge in [-0.05, 0) is 47.6 Å². The Labute approximate surface area is 147 Å². The number of hydrogen-bond acceptors (Lipinski definition) is 5. The molecular weight excluding hydrogens is 316 g/mol. The number of hydrogen-bond donors (Lipinski definition) is 2. The minimum absolute atomic E-state index is 0.0766. The summed E-state index contributed by atoms with van der Waals surface area (Å²) in [6, 6.07) is 15.3. The number of ether oxygens (including phenoxy) is 2. The van der Waals surface area contributed by atoms with Crippen LogP contribution in [0.2, 0.25) is 0 Å². The van der Waals surface area contributed by atoms with Crippen molar-refractivity contribution in [1.29, 1.82) is 0 Å². The highest BCUT2D eigenvalue weighted by atomic mass is 16.5. The van der Waals surface area contributed by atoms with Gasteiger partial charge in [0.05, 0.1) is 0 Å². The average molecular weight is 340 g/mol. The lowest BCUT2D eigenvalue weighted by molar-refractivity contribution is -0.146. The molecule has 0 saturated heterocycles. The van der Waals surface area contributed by atoms with Gasteiger partial charge in [-0.3, -0.25) is 4.79 Å². The smallest absolute Gasteiger partial charge is 0.324 e. The normalized spacial score (nSPS) is 14.8. The van der Waals surface area contributed by atoms with Crippen LogP contribution in [-0.4, -0.2) is 18.6 Å². The van der Waals surface area contributed by atoms with Gasteiger partial charge >= 0.3 is 5.97 Å². The van der Waals surface area contributed by atoms with Crippen molar-refractivity contribution < 1.29 is 14.3 Å². The molecule has 4 N–H and O–H groups in total. The molecule has 5 heteroatoms. The first kappa shape index (κ1) is 17.5. The molecule has 3 rings (SSSR count). The molecule has 0 heterocycles. The van der Waals surface area contributed by atoms with Gasteiger partial charge in [0, 0.05) is 6.54 Å². The highest BCUT2D eigenvalue weighted by Crippen LogP contribution is 2.39. The Bertz CT molecular complexity index is 694. The van der Waals surface area contributed by atoms with Crippen LogP contribution >= 0.6 is 0 Å². The Morgan fingerprint density at radius 2 is 1.60 bits per heavy atom. The van der Waals surface area contributed by atoms with Crippen LogP contribution < -0.4 is 16.2 Å². The Kier molecular flexibility index (Phi) is 5.68. The third kappa shape index (κ3) is 5.05. The highest BCUT2D eigenvalue weighted by Gasteiger charge is 2.22. The van der Waals surface area contributed by atoms with E-state index in [1.165, 1.54) is 18.4 Å². The van der Waals surface area contributed by atoms with Crippen molar-refractivity contribution in [1.82, 2.24) is 0 Å². The number of nitrogens with two attached hydrogens (primary N) is 2. The molecule has 0 bridgehead atoms. The summed E-state index contributed by atoms with van der Waals surface area (Å²) < 4.78 is 10.9. The monoisotopic (exact) mass is 340 g/mol. The van der Waals surface area contributed by atoms with Gasteiger partial charge in [0.15, 0.2) is 0 Å². The SMILES string of the molecule is NCC(N)C(=O)OCc1ccc(OCc2ccc(C3CC3)cc2)cc1. The Morgan fingerprint density at radius 1 is 1.00 bits per heavy atom. The lowest BCUT2D eigenvalue weighted by Gasteiger charge is -2.10. The first-order valence-electron chi connectivity index (χ1n) is 8.58. The largest absolute Gasteiger partial charge is 0.489 e. The van der Waals surface area contributed by atoms with Gasteiger partial charge in [0.1, 0.15) is 25.0 Å². The van der Waals surface area contributed by atoms with Crippen molar-refractivity contribution in [2.75, 3.05) is 6.54 Å². The maximum atomic E-state index is 11.5. The Balaban J connectivity index is 1.46. The maximum absolute atomic E-state index is 11.5. The van der Waals surface area contributed by atoms with Crippen molar-refractivity contribution >= 4 is 5.97 Å². The van der Waals surface area contributed by atoms with Gasteiger partial charge in [0.2, 0.25) is 0 Å². The summed E-state index contributed by atoms with van der Waals surface area (Å²) in [6.45, 7) is 0.785. The van der Waals surface area contributed by atoms with E-state index in [0.717, 1.165) is 22.8 Å². The van der Waals surface area contributed by atoms with Crippen LogP contribution in [0.4, 0.5) is 0 Å². The van der Waals surface area contributed by atoms with Crippen LogP contribution in [0.1, 0.15) is 35.4 Å². The minimum Gasteiger partial charge on any atom is -0.489 e. The molecule has 1 unspecified atom stereocenters. The predicted molar refractivity (Wildman–Crippen MR) is 96.0 cm³/mol. The molecular formula is C20H24N2O3. The van der Waals surface area contributed by atoms with E-state index in [1.807, 2.05) is 24.3 Å². The molecule has 25 heavy (non-hydrogen) atoms. The molecule has 0 aromatic heterocycles. The second-order valence-corrected chi connectivity index (χ2v) is 6.40. The van der Waals surface area contributed by atoms with Crippen LogP contribution in [0.25, 0.3) is 0 Å². The molecule has 1 fully saturated rings. The van der Waals surface area contributed by atoms with Crippen LogP contribution in [0.5, 0.6) is 5.75 Å². The highest BCUT2D eigenvalue weighted by molar-refractivity contribution is 5.75. The molecule has 1 aliphatic rings. The van der Waals surface area contributed by atoms with Gasteiger partial charge in [-0.1, -0.05) is 36.4 Å². The second kappa shape index (κ2) is 8.14. The van der Waals surface area contributed by atoms with Crippen molar-refractivity contribution in [3.63, 3.8) is 0 Å². The fraction of sp³-hybridized carbons (Fsp3) is 0.350. The Morgan fingerprint density at radius 3 is 2.20 bits per heavy atom.